The topological polar surface area (TPSA) is 72.8 Å². The van der Waals surface area contributed by atoms with Crippen LogP contribution in [0.4, 0.5) is 4.79 Å². The number of nitrogens with zero attached hydrogens (tertiary/aromatic N) is 3. The summed E-state index contributed by atoms with van der Waals surface area (Å²) in [6.45, 7) is 2.34. The zero-order valence-electron chi connectivity index (χ0n) is 16.5. The van der Waals surface area contributed by atoms with Gasteiger partial charge in [-0.25, -0.2) is 19.3 Å². The Balaban J connectivity index is 1.81. The highest BCUT2D eigenvalue weighted by atomic mass is 16.5. The number of rotatable bonds is 2. The van der Waals surface area contributed by atoms with Crippen LogP contribution in [-0.4, -0.2) is 32.2 Å². The minimum atomic E-state index is -0.408. The lowest BCUT2D eigenvalue weighted by Gasteiger charge is -2.06. The highest BCUT2D eigenvalue weighted by Gasteiger charge is 2.11. The van der Waals surface area contributed by atoms with Crippen molar-refractivity contribution in [1.29, 1.82) is 0 Å². The number of aromatic amines is 1. The van der Waals surface area contributed by atoms with E-state index in [2.05, 4.69) is 15.0 Å². The number of carbonyl (C=O) groups is 1. The van der Waals surface area contributed by atoms with E-state index in [1.165, 1.54) is 0 Å². The maximum absolute atomic E-state index is 12.8. The van der Waals surface area contributed by atoms with Crippen molar-refractivity contribution in [3.63, 3.8) is 0 Å². The van der Waals surface area contributed by atoms with Gasteiger partial charge in [0.2, 0.25) is 0 Å². The second-order valence-corrected chi connectivity index (χ2v) is 7.17. The van der Waals surface area contributed by atoms with E-state index in [-0.39, 0.29) is 0 Å². The van der Waals surface area contributed by atoms with Crippen molar-refractivity contribution in [3.05, 3.63) is 71.3 Å². The summed E-state index contributed by atoms with van der Waals surface area (Å²) < 4.78 is 6.98. The van der Waals surface area contributed by atoms with E-state index in [1.54, 1.807) is 4.57 Å². The molecule has 6 nitrogen and oxygen atoms in total. The van der Waals surface area contributed by atoms with Gasteiger partial charge in [0.1, 0.15) is 0 Å². The quantitative estimate of drug-likeness (QED) is 0.426. The molecular formula is C24H20N4O2. The molecule has 0 atom stereocenters. The van der Waals surface area contributed by atoms with E-state index >= 15 is 0 Å². The molecule has 0 fully saturated rings. The third-order valence-corrected chi connectivity index (χ3v) is 4.85. The summed E-state index contributed by atoms with van der Waals surface area (Å²) in [5.74, 6) is 0. The van der Waals surface area contributed by atoms with Crippen LogP contribution in [0.25, 0.3) is 46.4 Å². The van der Waals surface area contributed by atoms with Gasteiger partial charge in [0.15, 0.2) is 0 Å². The van der Waals surface area contributed by atoms with Gasteiger partial charge >= 0.3 is 6.09 Å². The Morgan fingerprint density at radius 3 is 1.83 bits per heavy atom. The maximum atomic E-state index is 12.8. The molecule has 1 N–H and O–H groups in total. The SMILES string of the molecule is CCCOC(=O)n1c2ccc1cc1nc(cc3ccc(cc4nc(c2)C=C4)[nH]3)C=C1. The highest BCUT2D eigenvalue weighted by Crippen LogP contribution is 2.19. The first-order valence-electron chi connectivity index (χ1n) is 9.92. The molecule has 8 bridgehead atoms. The minimum absolute atomic E-state index is 0.370. The lowest BCUT2D eigenvalue weighted by molar-refractivity contribution is 0.150. The Labute approximate surface area is 173 Å². The Bertz CT molecular complexity index is 1270. The molecule has 0 unspecified atom stereocenters. The van der Waals surface area contributed by atoms with Crippen molar-refractivity contribution in [3.8, 4) is 0 Å². The van der Waals surface area contributed by atoms with E-state index in [9.17, 15) is 4.79 Å². The molecule has 5 heterocycles. The van der Waals surface area contributed by atoms with Crippen molar-refractivity contribution < 1.29 is 9.53 Å². The third-order valence-electron chi connectivity index (χ3n) is 4.85. The van der Waals surface area contributed by atoms with Crippen molar-refractivity contribution in [2.45, 2.75) is 13.3 Å². The highest BCUT2D eigenvalue weighted by molar-refractivity contribution is 5.87. The Morgan fingerprint density at radius 2 is 1.33 bits per heavy atom. The van der Waals surface area contributed by atoms with Crippen molar-refractivity contribution in [2.75, 3.05) is 6.61 Å². The number of hydrogen-bond donors (Lipinski definition) is 1. The van der Waals surface area contributed by atoms with Crippen LogP contribution in [0.15, 0.2) is 48.5 Å². The number of hydrogen-bond acceptors (Lipinski definition) is 4. The molecule has 6 heteroatoms. The average molecular weight is 396 g/mol. The van der Waals surface area contributed by atoms with Gasteiger partial charge in [0.25, 0.3) is 0 Å². The monoisotopic (exact) mass is 396 g/mol. The molecule has 3 aromatic heterocycles. The van der Waals surface area contributed by atoms with Crippen LogP contribution in [0.2, 0.25) is 0 Å². The molecule has 5 rings (SSSR count). The lowest BCUT2D eigenvalue weighted by Crippen LogP contribution is -2.13. The van der Waals surface area contributed by atoms with Crippen LogP contribution < -0.4 is 0 Å². The van der Waals surface area contributed by atoms with Crippen LogP contribution >= 0.6 is 0 Å². The van der Waals surface area contributed by atoms with E-state index in [1.807, 2.05) is 79.8 Å². The fourth-order valence-corrected chi connectivity index (χ4v) is 3.49. The van der Waals surface area contributed by atoms with Gasteiger partial charge < -0.3 is 9.72 Å². The first-order chi connectivity index (χ1) is 14.7. The van der Waals surface area contributed by atoms with Gasteiger partial charge in [-0.1, -0.05) is 6.92 Å². The molecule has 0 radical (unpaired) electrons. The average Bonchev–Trinajstić information content (AvgIpc) is 3.51. The molecule has 0 saturated carbocycles. The van der Waals surface area contributed by atoms with Crippen molar-refractivity contribution in [2.24, 2.45) is 0 Å². The molecule has 0 amide bonds. The lowest BCUT2D eigenvalue weighted by atomic mass is 10.3. The van der Waals surface area contributed by atoms with Gasteiger partial charge in [-0.2, -0.15) is 0 Å². The Kier molecular flexibility index (Phi) is 4.52. The van der Waals surface area contributed by atoms with E-state index < -0.39 is 6.09 Å². The number of aromatic nitrogens is 4. The van der Waals surface area contributed by atoms with E-state index in [0.29, 0.717) is 17.6 Å². The van der Waals surface area contributed by atoms with Gasteiger partial charge in [0, 0.05) is 11.0 Å². The molecule has 30 heavy (non-hydrogen) atoms. The fraction of sp³-hybridized carbons (Fsp3) is 0.125. The zero-order chi connectivity index (χ0) is 20.5. The van der Waals surface area contributed by atoms with Crippen LogP contribution in [0, 0.1) is 0 Å². The molecular weight excluding hydrogens is 376 g/mol. The first-order valence-corrected chi connectivity index (χ1v) is 9.92. The molecule has 0 spiro atoms. The van der Waals surface area contributed by atoms with Crippen LogP contribution in [0.1, 0.15) is 36.1 Å². The fourth-order valence-electron chi connectivity index (χ4n) is 3.49. The number of nitrogens with one attached hydrogen (secondary N) is 1. The standard InChI is InChI=1S/C24H20N4O2/c1-2-11-30-24(29)28-22-9-10-23(28)15-21-8-6-19(27-21)13-17-4-3-16(25-17)12-18-5-7-20(14-22)26-18/h3-10,12-15,25H,2,11H2,1H3. The molecule has 3 aromatic rings. The second-order valence-electron chi connectivity index (χ2n) is 7.17. The van der Waals surface area contributed by atoms with Crippen molar-refractivity contribution >= 4 is 52.5 Å². The van der Waals surface area contributed by atoms with Gasteiger partial charge in [-0.3, -0.25) is 0 Å². The zero-order valence-corrected chi connectivity index (χ0v) is 16.5. The summed E-state index contributed by atoms with van der Waals surface area (Å²) in [6.07, 6.45) is 8.13. The molecule has 2 aliphatic heterocycles. The third kappa shape index (κ3) is 3.55. The number of fused-ring (bicyclic) bond motifs is 8. The molecule has 2 aliphatic rings. The molecule has 0 saturated heterocycles. The van der Waals surface area contributed by atoms with E-state index in [0.717, 1.165) is 40.2 Å². The normalized spacial score (nSPS) is 12.3. The minimum Gasteiger partial charge on any atom is -0.449 e. The van der Waals surface area contributed by atoms with Crippen LogP contribution in [0.3, 0.4) is 0 Å². The predicted octanol–water partition coefficient (Wildman–Crippen LogP) is 5.52. The number of H-pyrrole nitrogens is 1. The van der Waals surface area contributed by atoms with Crippen molar-refractivity contribution in [1.82, 2.24) is 19.5 Å². The smallest absolute Gasteiger partial charge is 0.418 e. The largest absolute Gasteiger partial charge is 0.449 e. The summed E-state index contributed by atoms with van der Waals surface area (Å²) in [4.78, 5) is 25.4. The van der Waals surface area contributed by atoms with Gasteiger partial charge in [-0.15, -0.1) is 0 Å². The van der Waals surface area contributed by atoms with Crippen LogP contribution in [0.5, 0.6) is 0 Å². The molecule has 0 aromatic carbocycles. The number of carbonyl (C=O) groups excluding carboxylic acids is 1. The maximum Gasteiger partial charge on any atom is 0.418 e. The second kappa shape index (κ2) is 7.48. The summed E-state index contributed by atoms with van der Waals surface area (Å²) >= 11 is 0. The summed E-state index contributed by atoms with van der Waals surface area (Å²) in [5.41, 5.74) is 6.57. The Morgan fingerprint density at radius 1 is 0.833 bits per heavy atom. The summed E-state index contributed by atoms with van der Waals surface area (Å²) in [5, 5.41) is 0. The van der Waals surface area contributed by atoms with Gasteiger partial charge in [0.05, 0.1) is 40.4 Å². The summed E-state index contributed by atoms with van der Waals surface area (Å²) in [7, 11) is 0. The predicted molar refractivity (Wildman–Crippen MR) is 120 cm³/mol. The van der Waals surface area contributed by atoms with Gasteiger partial charge in [-0.05, 0) is 79.3 Å². The first kappa shape index (κ1) is 18.1. The Hall–Kier alpha value is -3.93. The molecule has 0 aliphatic carbocycles. The van der Waals surface area contributed by atoms with Crippen LogP contribution in [-0.2, 0) is 4.74 Å². The number of ether oxygens (including phenoxy) is 1. The summed E-state index contributed by atoms with van der Waals surface area (Å²) in [6, 6.07) is 15.5. The van der Waals surface area contributed by atoms with E-state index in [4.69, 9.17) is 4.74 Å². The molecule has 148 valence electrons.